The average molecular weight is 378 g/mol. The predicted octanol–water partition coefficient (Wildman–Crippen LogP) is 2.68. The van der Waals surface area contributed by atoms with Crippen molar-refractivity contribution < 1.29 is 9.53 Å². The van der Waals surface area contributed by atoms with Crippen LogP contribution < -0.4 is 15.4 Å². The van der Waals surface area contributed by atoms with Crippen molar-refractivity contribution in [3.63, 3.8) is 0 Å². The van der Waals surface area contributed by atoms with Gasteiger partial charge in [-0.25, -0.2) is 0 Å². The van der Waals surface area contributed by atoms with E-state index in [0.717, 1.165) is 35.2 Å². The van der Waals surface area contributed by atoms with E-state index in [1.807, 2.05) is 18.2 Å². The first-order valence-corrected chi connectivity index (χ1v) is 7.73. The summed E-state index contributed by atoms with van der Waals surface area (Å²) >= 11 is 3.43. The van der Waals surface area contributed by atoms with Gasteiger partial charge in [-0.15, -0.1) is 12.4 Å². The third kappa shape index (κ3) is 5.49. The molecule has 1 amide bonds. The molecule has 21 heavy (non-hydrogen) atoms. The number of methoxy groups -OCH3 is 1. The molecule has 1 heterocycles. The highest BCUT2D eigenvalue weighted by Gasteiger charge is 2.20. The molecule has 0 saturated carbocycles. The molecule has 1 aliphatic heterocycles. The van der Waals surface area contributed by atoms with Crippen molar-refractivity contribution in [3.05, 3.63) is 28.2 Å². The van der Waals surface area contributed by atoms with Gasteiger partial charge in [0.1, 0.15) is 5.75 Å². The Hall–Kier alpha value is -0.780. The summed E-state index contributed by atoms with van der Waals surface area (Å²) in [5.74, 6) is 0.808. The topological polar surface area (TPSA) is 50.4 Å². The first-order chi connectivity index (χ1) is 9.58. The summed E-state index contributed by atoms with van der Waals surface area (Å²) < 4.78 is 6.25. The van der Waals surface area contributed by atoms with Crippen LogP contribution in [0.15, 0.2) is 22.7 Å². The number of benzene rings is 1. The summed E-state index contributed by atoms with van der Waals surface area (Å²) in [6.45, 7) is 3.11. The van der Waals surface area contributed by atoms with Gasteiger partial charge < -0.3 is 15.4 Å². The fourth-order valence-electron chi connectivity index (χ4n) is 2.60. The maximum Gasteiger partial charge on any atom is 0.224 e. The van der Waals surface area contributed by atoms with Crippen LogP contribution in [0.4, 0.5) is 0 Å². The quantitative estimate of drug-likeness (QED) is 0.848. The van der Waals surface area contributed by atoms with Gasteiger partial charge in [0, 0.05) is 22.1 Å². The van der Waals surface area contributed by atoms with Crippen LogP contribution in [0.3, 0.4) is 0 Å². The summed E-state index contributed by atoms with van der Waals surface area (Å²) in [4.78, 5) is 12.2. The number of hydrogen-bond donors (Lipinski definition) is 2. The van der Waals surface area contributed by atoms with Gasteiger partial charge in [-0.1, -0.05) is 15.9 Å². The lowest BCUT2D eigenvalue weighted by molar-refractivity contribution is -0.121. The molecule has 2 atom stereocenters. The van der Waals surface area contributed by atoms with Crippen molar-refractivity contribution in [1.29, 1.82) is 0 Å². The third-order valence-electron chi connectivity index (χ3n) is 3.58. The fraction of sp³-hybridized carbons (Fsp3) is 0.533. The Kier molecular flexibility index (Phi) is 7.49. The summed E-state index contributed by atoms with van der Waals surface area (Å²) in [6.07, 6.45) is 2.33. The molecule has 118 valence electrons. The SMILES string of the molecule is COc1ccc(Br)cc1CC(=O)NC1CCNC(C)C1.Cl. The molecule has 1 fully saturated rings. The molecule has 2 N–H and O–H groups in total. The van der Waals surface area contributed by atoms with Gasteiger partial charge in [-0.3, -0.25) is 4.79 Å². The van der Waals surface area contributed by atoms with E-state index < -0.39 is 0 Å². The molecule has 4 nitrogen and oxygen atoms in total. The van der Waals surface area contributed by atoms with E-state index in [4.69, 9.17) is 4.74 Å². The van der Waals surface area contributed by atoms with Crippen LogP contribution in [0.2, 0.25) is 0 Å². The van der Waals surface area contributed by atoms with Gasteiger partial charge in [-0.2, -0.15) is 0 Å². The normalized spacial score (nSPS) is 21.3. The van der Waals surface area contributed by atoms with Crippen molar-refractivity contribution in [3.8, 4) is 5.75 Å². The minimum absolute atomic E-state index is 0. The van der Waals surface area contributed by atoms with Gasteiger partial charge in [0.2, 0.25) is 5.91 Å². The molecule has 0 spiro atoms. The van der Waals surface area contributed by atoms with Crippen LogP contribution in [-0.4, -0.2) is 31.6 Å². The largest absolute Gasteiger partial charge is 0.496 e. The smallest absolute Gasteiger partial charge is 0.224 e. The van der Waals surface area contributed by atoms with Gasteiger partial charge in [0.15, 0.2) is 0 Å². The number of halogens is 2. The molecule has 0 bridgehead atoms. The molecule has 1 aliphatic rings. The minimum Gasteiger partial charge on any atom is -0.496 e. The van der Waals surface area contributed by atoms with Crippen LogP contribution in [0, 0.1) is 0 Å². The highest BCUT2D eigenvalue weighted by atomic mass is 79.9. The number of rotatable bonds is 4. The van der Waals surface area contributed by atoms with Crippen molar-refractivity contribution in [2.75, 3.05) is 13.7 Å². The third-order valence-corrected chi connectivity index (χ3v) is 4.08. The second kappa shape index (κ2) is 8.61. The van der Waals surface area contributed by atoms with Crippen molar-refractivity contribution in [2.24, 2.45) is 0 Å². The summed E-state index contributed by atoms with van der Waals surface area (Å²) in [7, 11) is 1.62. The number of piperidine rings is 1. The van der Waals surface area contributed by atoms with Crippen LogP contribution in [-0.2, 0) is 11.2 Å². The van der Waals surface area contributed by atoms with Gasteiger partial charge in [0.05, 0.1) is 13.5 Å². The zero-order chi connectivity index (χ0) is 14.5. The monoisotopic (exact) mass is 376 g/mol. The van der Waals surface area contributed by atoms with E-state index >= 15 is 0 Å². The van der Waals surface area contributed by atoms with E-state index in [-0.39, 0.29) is 24.4 Å². The molecule has 1 aromatic rings. The molecule has 6 heteroatoms. The molecule has 1 aromatic carbocycles. The molecule has 2 unspecified atom stereocenters. The second-order valence-corrected chi connectivity index (χ2v) is 6.19. The number of carbonyl (C=O) groups is 1. The van der Waals surface area contributed by atoms with Crippen LogP contribution in [0.5, 0.6) is 5.75 Å². The number of carbonyl (C=O) groups excluding carboxylic acids is 1. The first-order valence-electron chi connectivity index (χ1n) is 6.93. The Morgan fingerprint density at radius 2 is 2.29 bits per heavy atom. The minimum atomic E-state index is 0. The van der Waals surface area contributed by atoms with E-state index in [0.29, 0.717) is 12.5 Å². The maximum atomic E-state index is 12.2. The number of hydrogen-bond acceptors (Lipinski definition) is 3. The molecular weight excluding hydrogens is 356 g/mol. The van der Waals surface area contributed by atoms with E-state index in [2.05, 4.69) is 33.5 Å². The number of nitrogens with one attached hydrogen (secondary N) is 2. The van der Waals surface area contributed by atoms with Gasteiger partial charge in [-0.05, 0) is 44.5 Å². The Labute approximate surface area is 140 Å². The van der Waals surface area contributed by atoms with Crippen molar-refractivity contribution >= 4 is 34.2 Å². The maximum absolute atomic E-state index is 12.2. The van der Waals surface area contributed by atoms with E-state index in [1.54, 1.807) is 7.11 Å². The Bertz CT molecular complexity index is 485. The van der Waals surface area contributed by atoms with Gasteiger partial charge >= 0.3 is 0 Å². The Balaban J connectivity index is 0.00000220. The molecule has 0 aliphatic carbocycles. The lowest BCUT2D eigenvalue weighted by Crippen LogP contribution is -2.46. The number of ether oxygens (including phenoxy) is 1. The highest BCUT2D eigenvalue weighted by molar-refractivity contribution is 9.10. The Morgan fingerprint density at radius 1 is 1.52 bits per heavy atom. The first kappa shape index (κ1) is 18.3. The van der Waals surface area contributed by atoms with Crippen LogP contribution in [0.25, 0.3) is 0 Å². The molecule has 1 saturated heterocycles. The Morgan fingerprint density at radius 3 is 2.95 bits per heavy atom. The van der Waals surface area contributed by atoms with E-state index in [9.17, 15) is 4.79 Å². The lowest BCUT2D eigenvalue weighted by Gasteiger charge is -2.28. The summed E-state index contributed by atoms with van der Waals surface area (Å²) in [6, 6.07) is 6.46. The standard InChI is InChI=1S/C15H21BrN2O2.ClH/c1-10-7-13(5-6-17-10)18-15(19)9-11-8-12(16)3-4-14(11)20-2;/h3-4,8,10,13,17H,5-7,9H2,1-2H3,(H,18,19);1H. The fourth-order valence-corrected chi connectivity index (χ4v) is 3.01. The van der Waals surface area contributed by atoms with Crippen LogP contribution >= 0.6 is 28.3 Å². The average Bonchev–Trinajstić information content (AvgIpc) is 2.38. The van der Waals surface area contributed by atoms with Crippen molar-refractivity contribution in [1.82, 2.24) is 10.6 Å². The van der Waals surface area contributed by atoms with E-state index in [1.165, 1.54) is 0 Å². The number of amides is 1. The zero-order valence-corrected chi connectivity index (χ0v) is 14.7. The zero-order valence-electron chi connectivity index (χ0n) is 12.3. The lowest BCUT2D eigenvalue weighted by atomic mass is 10.00. The molecule has 0 radical (unpaired) electrons. The van der Waals surface area contributed by atoms with Crippen LogP contribution in [0.1, 0.15) is 25.3 Å². The summed E-state index contributed by atoms with van der Waals surface area (Å²) in [5, 5.41) is 6.50. The molecule has 0 aromatic heterocycles. The molecular formula is C15H22BrClN2O2. The predicted molar refractivity (Wildman–Crippen MR) is 90.3 cm³/mol. The second-order valence-electron chi connectivity index (χ2n) is 5.28. The van der Waals surface area contributed by atoms with Crippen molar-refractivity contribution in [2.45, 2.75) is 38.3 Å². The van der Waals surface area contributed by atoms with Gasteiger partial charge in [0.25, 0.3) is 0 Å². The highest BCUT2D eigenvalue weighted by Crippen LogP contribution is 2.23. The summed E-state index contributed by atoms with van der Waals surface area (Å²) in [5.41, 5.74) is 0.904. The molecule has 2 rings (SSSR count).